The average molecular weight is 123 g/mol. The molecule has 0 aliphatic rings. The molecule has 0 fully saturated rings. The van der Waals surface area contributed by atoms with Crippen LogP contribution in [0.15, 0.2) is 10.6 Å². The number of aromatic nitrogens is 1. The number of hydrogen-bond donors (Lipinski definition) is 1. The first-order valence-corrected chi connectivity index (χ1v) is 2.40. The molecule has 1 aromatic rings. The van der Waals surface area contributed by atoms with Crippen LogP contribution in [-0.4, -0.2) is 10.3 Å². The third kappa shape index (κ3) is 1.09. The quantitative estimate of drug-likeness (QED) is 0.540. The molecule has 0 unspecified atom stereocenters. The number of hydrogen-bond acceptors (Lipinski definition) is 3. The number of terminal acetylenes is 1. The molecule has 3 heteroatoms. The lowest BCUT2D eigenvalue weighted by Gasteiger charge is -1.75. The second kappa shape index (κ2) is 2.33. The Bertz CT molecular complexity index is 233. The fourth-order valence-corrected chi connectivity index (χ4v) is 0.454. The summed E-state index contributed by atoms with van der Waals surface area (Å²) in [6, 6.07) is 1.51. The molecule has 9 heavy (non-hydrogen) atoms. The maximum absolute atomic E-state index is 8.46. The molecule has 0 aliphatic carbocycles. The molecule has 0 radical (unpaired) electrons. The first kappa shape index (κ1) is 5.86. The van der Waals surface area contributed by atoms with Crippen LogP contribution in [0.3, 0.4) is 0 Å². The normalized spacial score (nSPS) is 8.89. The first-order chi connectivity index (χ1) is 4.36. The topological polar surface area (TPSA) is 46.3 Å². The van der Waals surface area contributed by atoms with Gasteiger partial charge in [0.1, 0.15) is 5.69 Å². The largest absolute Gasteiger partial charge is 0.390 e. The highest BCUT2D eigenvalue weighted by Crippen LogP contribution is 1.99. The summed E-state index contributed by atoms with van der Waals surface area (Å²) in [6.07, 6.45) is 4.95. The van der Waals surface area contributed by atoms with Crippen molar-refractivity contribution in [3.05, 3.63) is 17.5 Å². The Hall–Kier alpha value is -1.27. The SMILES string of the molecule is C#Cc1cc(CO)no1. The smallest absolute Gasteiger partial charge is 0.209 e. The van der Waals surface area contributed by atoms with Crippen molar-refractivity contribution in [2.75, 3.05) is 0 Å². The van der Waals surface area contributed by atoms with Gasteiger partial charge in [0.25, 0.3) is 0 Å². The number of aliphatic hydroxyl groups excluding tert-OH is 1. The van der Waals surface area contributed by atoms with E-state index in [1.54, 1.807) is 0 Å². The van der Waals surface area contributed by atoms with E-state index in [9.17, 15) is 0 Å². The number of aliphatic hydroxyl groups is 1. The third-order valence-corrected chi connectivity index (χ3v) is 0.863. The minimum absolute atomic E-state index is 0.134. The number of nitrogens with zero attached hydrogens (tertiary/aromatic N) is 1. The van der Waals surface area contributed by atoms with Gasteiger partial charge in [-0.1, -0.05) is 5.16 Å². The van der Waals surface area contributed by atoms with Crippen LogP contribution in [0.1, 0.15) is 11.5 Å². The molecule has 1 rings (SSSR count). The summed E-state index contributed by atoms with van der Waals surface area (Å²) in [5.74, 6) is 2.59. The van der Waals surface area contributed by atoms with Crippen LogP contribution in [0, 0.1) is 12.3 Å². The van der Waals surface area contributed by atoms with Crippen LogP contribution in [0.5, 0.6) is 0 Å². The molecule has 1 N–H and O–H groups in total. The van der Waals surface area contributed by atoms with Gasteiger partial charge in [-0.05, 0) is 5.92 Å². The zero-order valence-corrected chi connectivity index (χ0v) is 4.66. The molecule has 1 aromatic heterocycles. The van der Waals surface area contributed by atoms with E-state index >= 15 is 0 Å². The Morgan fingerprint density at radius 3 is 3.00 bits per heavy atom. The van der Waals surface area contributed by atoms with Gasteiger partial charge in [0, 0.05) is 6.07 Å². The summed E-state index contributed by atoms with van der Waals surface area (Å²) in [5.41, 5.74) is 0.461. The number of rotatable bonds is 1. The Morgan fingerprint density at radius 1 is 1.89 bits per heavy atom. The van der Waals surface area contributed by atoms with Crippen LogP contribution >= 0.6 is 0 Å². The van der Waals surface area contributed by atoms with Crippen molar-refractivity contribution in [1.29, 1.82) is 0 Å². The fourth-order valence-electron chi connectivity index (χ4n) is 0.454. The molecule has 1 heterocycles. The van der Waals surface area contributed by atoms with Gasteiger partial charge in [0.15, 0.2) is 0 Å². The van der Waals surface area contributed by atoms with E-state index < -0.39 is 0 Å². The van der Waals surface area contributed by atoms with E-state index in [1.807, 2.05) is 0 Å². The van der Waals surface area contributed by atoms with Crippen LogP contribution in [-0.2, 0) is 6.61 Å². The van der Waals surface area contributed by atoms with Gasteiger partial charge in [0.2, 0.25) is 5.76 Å². The van der Waals surface area contributed by atoms with Crippen LogP contribution in [0.2, 0.25) is 0 Å². The molecule has 0 bridgehead atoms. The van der Waals surface area contributed by atoms with Crippen molar-refractivity contribution in [1.82, 2.24) is 5.16 Å². The lowest BCUT2D eigenvalue weighted by molar-refractivity contribution is 0.266. The van der Waals surface area contributed by atoms with E-state index in [-0.39, 0.29) is 6.61 Å². The van der Waals surface area contributed by atoms with Crippen molar-refractivity contribution in [2.24, 2.45) is 0 Å². The average Bonchev–Trinajstić information content (AvgIpc) is 2.34. The Labute approximate surface area is 52.3 Å². The summed E-state index contributed by atoms with van der Waals surface area (Å²) >= 11 is 0. The van der Waals surface area contributed by atoms with Crippen molar-refractivity contribution >= 4 is 0 Å². The highest BCUT2D eigenvalue weighted by atomic mass is 16.5. The second-order valence-corrected chi connectivity index (χ2v) is 1.48. The lowest BCUT2D eigenvalue weighted by atomic mass is 10.4. The van der Waals surface area contributed by atoms with Crippen LogP contribution in [0.25, 0.3) is 0 Å². The molecule has 0 amide bonds. The summed E-state index contributed by atoms with van der Waals surface area (Å²) < 4.78 is 4.56. The highest BCUT2D eigenvalue weighted by Gasteiger charge is 1.97. The van der Waals surface area contributed by atoms with E-state index in [0.717, 1.165) is 0 Å². The molecule has 46 valence electrons. The third-order valence-electron chi connectivity index (χ3n) is 0.863. The molecule has 0 aliphatic heterocycles. The Balaban J connectivity index is 2.90. The lowest BCUT2D eigenvalue weighted by Crippen LogP contribution is -1.78. The zero-order chi connectivity index (χ0) is 6.69. The molecule has 3 nitrogen and oxygen atoms in total. The summed E-state index contributed by atoms with van der Waals surface area (Å²) in [7, 11) is 0. The molecular formula is C6H5NO2. The molecule has 0 spiro atoms. The predicted molar refractivity (Wildman–Crippen MR) is 30.4 cm³/mol. The molecule has 0 saturated carbocycles. The van der Waals surface area contributed by atoms with Crippen molar-refractivity contribution < 1.29 is 9.63 Å². The monoisotopic (exact) mass is 123 g/mol. The minimum Gasteiger partial charge on any atom is -0.390 e. The van der Waals surface area contributed by atoms with Gasteiger partial charge in [-0.2, -0.15) is 0 Å². The van der Waals surface area contributed by atoms with Gasteiger partial charge >= 0.3 is 0 Å². The molecule has 0 atom stereocenters. The minimum atomic E-state index is -0.134. The predicted octanol–water partition coefficient (Wildman–Crippen LogP) is 0.148. The van der Waals surface area contributed by atoms with Gasteiger partial charge in [-0.25, -0.2) is 0 Å². The van der Waals surface area contributed by atoms with Crippen LogP contribution < -0.4 is 0 Å². The first-order valence-electron chi connectivity index (χ1n) is 2.40. The molecular weight excluding hydrogens is 118 g/mol. The van der Waals surface area contributed by atoms with Gasteiger partial charge in [-0.3, -0.25) is 0 Å². The maximum Gasteiger partial charge on any atom is 0.209 e. The van der Waals surface area contributed by atoms with Crippen molar-refractivity contribution in [3.8, 4) is 12.3 Å². The van der Waals surface area contributed by atoms with Gasteiger partial charge in [-0.15, -0.1) is 6.42 Å². The van der Waals surface area contributed by atoms with Gasteiger partial charge in [0.05, 0.1) is 6.61 Å². The maximum atomic E-state index is 8.46. The highest BCUT2D eigenvalue weighted by molar-refractivity contribution is 5.21. The fraction of sp³-hybridized carbons (Fsp3) is 0.167. The van der Waals surface area contributed by atoms with E-state index in [0.29, 0.717) is 11.5 Å². The second-order valence-electron chi connectivity index (χ2n) is 1.48. The molecule has 0 aromatic carbocycles. The standard InChI is InChI=1S/C6H5NO2/c1-2-6-3-5(4-8)7-9-6/h1,3,8H,4H2. The van der Waals surface area contributed by atoms with E-state index in [2.05, 4.69) is 15.6 Å². The van der Waals surface area contributed by atoms with Crippen molar-refractivity contribution in [3.63, 3.8) is 0 Å². The Kier molecular flexibility index (Phi) is 1.52. The van der Waals surface area contributed by atoms with Gasteiger partial charge < -0.3 is 9.63 Å². The summed E-state index contributed by atoms with van der Waals surface area (Å²) in [4.78, 5) is 0. The molecule has 0 saturated heterocycles. The van der Waals surface area contributed by atoms with Crippen LogP contribution in [0.4, 0.5) is 0 Å². The summed E-state index contributed by atoms with van der Waals surface area (Å²) in [6.45, 7) is -0.134. The Morgan fingerprint density at radius 2 is 2.67 bits per heavy atom. The zero-order valence-electron chi connectivity index (χ0n) is 4.66. The summed E-state index contributed by atoms with van der Waals surface area (Å²) in [5, 5.41) is 11.9. The van der Waals surface area contributed by atoms with Crippen molar-refractivity contribution in [2.45, 2.75) is 6.61 Å². The van der Waals surface area contributed by atoms with E-state index in [1.165, 1.54) is 6.07 Å². The van der Waals surface area contributed by atoms with E-state index in [4.69, 9.17) is 11.5 Å².